The van der Waals surface area contributed by atoms with Crippen LogP contribution in [0.5, 0.6) is 0 Å². The minimum Gasteiger partial charge on any atom is -0.790 e. The first kappa shape index (κ1) is 60.8. The number of aromatic nitrogens is 4. The Kier molecular flexibility index (Phi) is 21.6. The number of carbonyl (C=O) groups excluding carboxylic acids is 4. The lowest BCUT2D eigenvalue weighted by Crippen LogP contribution is -2.46. The predicted molar refractivity (Wildman–Crippen MR) is 254 cm³/mol. The number of imidazole rings is 1. The number of aliphatic hydroxyl groups is 2. The van der Waals surface area contributed by atoms with Crippen LogP contribution in [0.15, 0.2) is 36.9 Å². The van der Waals surface area contributed by atoms with E-state index in [0.717, 1.165) is 87.9 Å². The van der Waals surface area contributed by atoms with Crippen molar-refractivity contribution in [1.29, 1.82) is 0 Å². The van der Waals surface area contributed by atoms with Crippen molar-refractivity contribution >= 4 is 64.5 Å². The Labute approximate surface area is 428 Å². The molecule has 2 aliphatic rings. The van der Waals surface area contributed by atoms with Gasteiger partial charge >= 0.3 is 0 Å². The average molecular weight is 1100 g/mol. The molecule has 3 heterocycles. The van der Waals surface area contributed by atoms with Gasteiger partial charge in [-0.2, -0.15) is 0 Å². The van der Waals surface area contributed by atoms with E-state index in [2.05, 4.69) is 67.7 Å². The fourth-order valence-corrected chi connectivity index (χ4v) is 11.1. The molecule has 74 heavy (non-hydrogen) atoms. The molecule has 7 atom stereocenters. The Bertz CT molecular complexity index is 2540. The number of nitrogens with two attached hydrogens (primary N) is 1. The van der Waals surface area contributed by atoms with Crippen LogP contribution >= 0.6 is 23.5 Å². The molecule has 5 rings (SSSR count). The molecular weight excluding hydrogens is 1040 g/mol. The molecule has 29 heteroatoms. The maximum absolute atomic E-state index is 13.1. The summed E-state index contributed by atoms with van der Waals surface area (Å²) in [6, 6.07) is 8.64. The number of carbonyl (C=O) groups is 4. The normalized spacial score (nSPS) is 20.8. The Hall–Kier alpha value is -4.10. The zero-order valence-electron chi connectivity index (χ0n) is 41.7. The van der Waals surface area contributed by atoms with Crippen molar-refractivity contribution in [2.24, 2.45) is 10.8 Å². The van der Waals surface area contributed by atoms with Gasteiger partial charge in [0.05, 0.1) is 27.4 Å². The highest BCUT2D eigenvalue weighted by Gasteiger charge is 2.48. The summed E-state index contributed by atoms with van der Waals surface area (Å²) in [5.74, 6) is -1.60. The fourth-order valence-electron chi connectivity index (χ4n) is 8.35. The summed E-state index contributed by atoms with van der Waals surface area (Å²) >= 11 is 0. The van der Waals surface area contributed by atoms with Gasteiger partial charge in [-0.25, -0.2) is 19.3 Å². The number of ether oxygens (including phenoxy) is 2. The zero-order valence-corrected chi connectivity index (χ0v) is 44.4. The lowest BCUT2D eigenvalue weighted by Gasteiger charge is -2.36. The number of benzene rings is 1. The number of Topliss-reactive ketones (excluding diaryl/α,β-unsaturated/α-hetero) is 1. The molecular formula is C45H66N7O19P3-4. The number of aryl methyl sites for hydroxylation is 2. The summed E-state index contributed by atoms with van der Waals surface area (Å²) in [6.07, 6.45) is 3.94. The van der Waals surface area contributed by atoms with Crippen LogP contribution in [-0.4, -0.2) is 110 Å². The van der Waals surface area contributed by atoms with Crippen LogP contribution in [0, 0.1) is 10.8 Å². The van der Waals surface area contributed by atoms with E-state index in [1.807, 2.05) is 13.8 Å². The third-order valence-electron chi connectivity index (χ3n) is 12.9. The van der Waals surface area contributed by atoms with E-state index in [-0.39, 0.29) is 54.3 Å². The molecule has 1 saturated heterocycles. The topological polar surface area (TPSA) is 401 Å². The van der Waals surface area contributed by atoms with E-state index in [9.17, 15) is 62.7 Å². The van der Waals surface area contributed by atoms with Crippen LogP contribution in [0.3, 0.4) is 0 Å². The quantitative estimate of drug-likeness (QED) is 0.0321. The summed E-state index contributed by atoms with van der Waals surface area (Å²) < 4.78 is 66.3. The first-order valence-electron chi connectivity index (χ1n) is 24.2. The molecule has 1 saturated carbocycles. The van der Waals surface area contributed by atoms with Gasteiger partial charge in [0.25, 0.3) is 22.1 Å². The largest absolute Gasteiger partial charge is 0.790 e. The highest BCUT2D eigenvalue weighted by molar-refractivity contribution is 7.59. The molecule has 414 valence electrons. The number of fused-ring (bicyclic) bond motifs is 1. The maximum atomic E-state index is 13.1. The zero-order chi connectivity index (χ0) is 54.5. The van der Waals surface area contributed by atoms with E-state index in [1.165, 1.54) is 25.0 Å². The van der Waals surface area contributed by atoms with Gasteiger partial charge in [0, 0.05) is 36.8 Å². The first-order chi connectivity index (χ1) is 34.7. The second-order valence-electron chi connectivity index (χ2n) is 19.9. The van der Waals surface area contributed by atoms with Crippen molar-refractivity contribution in [2.45, 2.75) is 154 Å². The smallest absolute Gasteiger partial charge is 0.293 e. The van der Waals surface area contributed by atoms with Gasteiger partial charge in [-0.05, 0) is 68.9 Å². The number of amides is 2. The van der Waals surface area contributed by atoms with E-state index in [1.54, 1.807) is 0 Å². The summed E-state index contributed by atoms with van der Waals surface area (Å²) in [6.45, 7) is 4.27. The standard InChI is InChI=1S/C45H70N7O19P3/c1-43(2,18-9-5-7-12-30-14-11-15-31(24-30)13-8-6-10-19-45(20-21-45)66-29-53)33(54)16-22-47-34(55)17-23-48-41(58)38(57)44(3,4)26-68-74(64,65)71-73(62,63)67-25-32-37(70-72(59,60)61)36(56)42(69-32)52-28-51-35-39(46)49-27-50-40(35)52/h11,14-15,24,27-29,32,36-38,42,56-57H,5-10,12-13,16-23,25-26H2,1-4H3,(H,47,55)(H,48,58)(H,62,63)(H,64,65)(H2,46,49,50)(H2,59,60,61)/p-4. The monoisotopic (exact) mass is 1100 g/mol. The highest BCUT2D eigenvalue weighted by atomic mass is 31.3. The van der Waals surface area contributed by atoms with E-state index in [4.69, 9.17) is 15.2 Å². The van der Waals surface area contributed by atoms with Gasteiger partial charge in [-0.3, -0.25) is 32.9 Å². The number of hydrogen-bond donors (Lipinski definition) is 5. The van der Waals surface area contributed by atoms with Crippen LogP contribution in [-0.2, 0) is 73.1 Å². The number of phosphoric acid groups is 3. The van der Waals surface area contributed by atoms with Crippen molar-refractivity contribution in [2.75, 3.05) is 32.0 Å². The van der Waals surface area contributed by atoms with Crippen molar-refractivity contribution in [3.05, 3.63) is 48.0 Å². The van der Waals surface area contributed by atoms with Gasteiger partial charge in [-0.1, -0.05) is 71.2 Å². The second-order valence-corrected chi connectivity index (χ2v) is 23.9. The van der Waals surface area contributed by atoms with E-state index < -0.39 is 90.0 Å². The van der Waals surface area contributed by atoms with Crippen molar-refractivity contribution in [1.82, 2.24) is 30.2 Å². The molecule has 1 aromatic carbocycles. The summed E-state index contributed by atoms with van der Waals surface area (Å²) in [5.41, 5.74) is 5.87. The lowest BCUT2D eigenvalue weighted by molar-refractivity contribution is -0.347. The third-order valence-corrected chi connectivity index (χ3v) is 16.0. The van der Waals surface area contributed by atoms with E-state index >= 15 is 0 Å². The minimum absolute atomic E-state index is 0.00857. The molecule has 6 N–H and O–H groups in total. The molecule has 26 nitrogen and oxygen atoms in total. The fraction of sp³-hybridized carbons (Fsp3) is 0.667. The van der Waals surface area contributed by atoms with E-state index in [0.29, 0.717) is 12.9 Å². The number of aliphatic hydroxyl groups excluding tert-OH is 2. The maximum Gasteiger partial charge on any atom is 0.293 e. The van der Waals surface area contributed by atoms with Crippen LogP contribution in [0.2, 0.25) is 0 Å². The third kappa shape index (κ3) is 18.6. The highest BCUT2D eigenvalue weighted by Crippen LogP contribution is 2.56. The number of nitrogen functional groups attached to an aromatic ring is 1. The van der Waals surface area contributed by atoms with Crippen molar-refractivity contribution < 1.29 is 90.0 Å². The molecule has 1 aliphatic heterocycles. The molecule has 2 fully saturated rings. The molecule has 0 radical (unpaired) electrons. The van der Waals surface area contributed by atoms with Gasteiger partial charge < -0.3 is 73.8 Å². The predicted octanol–water partition coefficient (Wildman–Crippen LogP) is 1.47. The second kappa shape index (κ2) is 26.3. The van der Waals surface area contributed by atoms with Crippen LogP contribution < -0.4 is 35.9 Å². The van der Waals surface area contributed by atoms with Crippen LogP contribution in [0.4, 0.5) is 5.82 Å². The molecule has 2 amide bonds. The number of hydrogen-bond acceptors (Lipinski definition) is 23. The Balaban J connectivity index is 0.950. The number of rotatable bonds is 34. The van der Waals surface area contributed by atoms with Gasteiger partial charge in [0.1, 0.15) is 47.6 Å². The average Bonchev–Trinajstić information content (AvgIpc) is 3.83. The first-order valence-corrected chi connectivity index (χ1v) is 28.6. The number of unbranched alkanes of at least 4 members (excludes halogenated alkanes) is 4. The molecule has 0 spiro atoms. The number of nitrogens with zero attached hydrogens (tertiary/aromatic N) is 4. The minimum atomic E-state index is -5.94. The summed E-state index contributed by atoms with van der Waals surface area (Å²) in [4.78, 5) is 109. The van der Waals surface area contributed by atoms with Gasteiger partial charge in [-0.15, -0.1) is 0 Å². The van der Waals surface area contributed by atoms with Crippen LogP contribution in [0.25, 0.3) is 11.2 Å². The molecule has 0 bridgehead atoms. The van der Waals surface area contributed by atoms with Crippen molar-refractivity contribution in [3.63, 3.8) is 0 Å². The number of anilines is 1. The number of nitrogens with one attached hydrogen (secondary N) is 2. The Morgan fingerprint density at radius 1 is 0.932 bits per heavy atom. The van der Waals surface area contributed by atoms with Crippen LogP contribution in [0.1, 0.15) is 122 Å². The SMILES string of the molecule is CC(C)(CCCCCc1cccc(CCCCCC2(OC=O)CC2)c1)C(=O)CCNC(=O)CCNC(=O)C(O)C(C)(C)COP(=O)([O-])OP(=O)([O-])OCC1OC(n2cnc3c(N)ncnc32)C(O)C1OP(=O)([O-])[O-]. The van der Waals surface area contributed by atoms with Gasteiger partial charge in [0.2, 0.25) is 11.8 Å². The summed E-state index contributed by atoms with van der Waals surface area (Å²) in [5, 5.41) is 26.5. The number of ketones is 1. The Morgan fingerprint density at radius 3 is 2.23 bits per heavy atom. The van der Waals surface area contributed by atoms with Gasteiger partial charge in [0.15, 0.2) is 17.7 Å². The summed E-state index contributed by atoms with van der Waals surface area (Å²) in [7, 11) is -17.7. The Morgan fingerprint density at radius 2 is 1.58 bits per heavy atom. The molecule has 7 unspecified atom stereocenters. The number of phosphoric ester groups is 3. The molecule has 2 aromatic heterocycles. The molecule has 1 aliphatic carbocycles. The lowest BCUT2D eigenvalue weighted by atomic mass is 9.81. The molecule has 3 aromatic rings. The van der Waals surface area contributed by atoms with Crippen molar-refractivity contribution in [3.8, 4) is 0 Å².